The maximum atomic E-state index is 12.5. The molecule has 1 saturated heterocycles. The molecule has 0 radical (unpaired) electrons. The van der Waals surface area contributed by atoms with Gasteiger partial charge in [-0.05, 0) is 30.2 Å². The van der Waals surface area contributed by atoms with Gasteiger partial charge in [0.1, 0.15) is 23.9 Å². The van der Waals surface area contributed by atoms with Crippen LogP contribution in [0.4, 0.5) is 5.82 Å². The number of H-pyrrole nitrogens is 1. The van der Waals surface area contributed by atoms with Crippen LogP contribution in [0, 0.1) is 0 Å². The highest BCUT2D eigenvalue weighted by atomic mass is 16.5. The van der Waals surface area contributed by atoms with E-state index in [1.165, 1.54) is 16.8 Å². The molecule has 7 heteroatoms. The highest BCUT2D eigenvalue weighted by Gasteiger charge is 2.21. The summed E-state index contributed by atoms with van der Waals surface area (Å²) in [6, 6.07) is 16.1. The molecule has 1 aromatic carbocycles. The first-order chi connectivity index (χ1) is 13.6. The zero-order valence-corrected chi connectivity index (χ0v) is 15.2. The van der Waals surface area contributed by atoms with Crippen molar-refractivity contribution in [2.24, 2.45) is 0 Å². The Morgan fingerprint density at radius 1 is 1.11 bits per heavy atom. The van der Waals surface area contributed by atoms with Crippen LogP contribution in [0.15, 0.2) is 70.4 Å². The lowest BCUT2D eigenvalue weighted by molar-refractivity contribution is 0.198. The second kappa shape index (κ2) is 7.74. The molecule has 0 aliphatic carbocycles. The van der Waals surface area contributed by atoms with Crippen molar-refractivity contribution in [1.82, 2.24) is 9.55 Å². The lowest BCUT2D eigenvalue weighted by Gasteiger charge is -2.17. The minimum absolute atomic E-state index is 0.239. The number of hydrogen-bond acceptors (Lipinski definition) is 5. The van der Waals surface area contributed by atoms with E-state index in [1.807, 2.05) is 35.2 Å². The Hall–Kier alpha value is -3.32. The number of anilines is 1. The first-order valence-corrected chi connectivity index (χ1v) is 9.16. The van der Waals surface area contributed by atoms with Gasteiger partial charge in [-0.2, -0.15) is 0 Å². The third kappa shape index (κ3) is 3.84. The molecule has 2 aromatic heterocycles. The zero-order chi connectivity index (χ0) is 19.5. The standard InChI is InChI=1S/C21H21N3O4/c25-16-8-10-23(13-16)19-7-6-18(21(27)22-19)24-11-9-17(12-20(24)26)28-14-15-4-2-1-3-5-15/h1-7,9,11-12,16,25H,8,10,13-14H2,(H,22,27)/t16-/m1/s1. The van der Waals surface area contributed by atoms with E-state index in [-0.39, 0.29) is 22.9 Å². The van der Waals surface area contributed by atoms with E-state index in [0.717, 1.165) is 5.56 Å². The summed E-state index contributed by atoms with van der Waals surface area (Å²) in [7, 11) is 0. The summed E-state index contributed by atoms with van der Waals surface area (Å²) in [5, 5.41) is 9.65. The van der Waals surface area contributed by atoms with Crippen LogP contribution in [0.3, 0.4) is 0 Å². The van der Waals surface area contributed by atoms with E-state index >= 15 is 0 Å². The Kier molecular flexibility index (Phi) is 4.99. The minimum atomic E-state index is -0.380. The van der Waals surface area contributed by atoms with E-state index in [0.29, 0.717) is 37.7 Å². The van der Waals surface area contributed by atoms with E-state index < -0.39 is 0 Å². The van der Waals surface area contributed by atoms with Crippen LogP contribution in [0.25, 0.3) is 5.69 Å². The van der Waals surface area contributed by atoms with Crippen molar-refractivity contribution in [2.75, 3.05) is 18.0 Å². The van der Waals surface area contributed by atoms with Gasteiger partial charge in [-0.3, -0.25) is 14.2 Å². The van der Waals surface area contributed by atoms with Crippen LogP contribution >= 0.6 is 0 Å². The topological polar surface area (TPSA) is 87.6 Å². The zero-order valence-electron chi connectivity index (χ0n) is 15.2. The Balaban J connectivity index is 1.53. The molecule has 3 aromatic rings. The number of hydrogen-bond donors (Lipinski definition) is 2. The number of nitrogens with zero attached hydrogens (tertiary/aromatic N) is 2. The van der Waals surface area contributed by atoms with Gasteiger partial charge in [-0.25, -0.2) is 0 Å². The number of aliphatic hydroxyl groups excluding tert-OH is 1. The molecule has 0 amide bonds. The lowest BCUT2D eigenvalue weighted by atomic mass is 10.2. The van der Waals surface area contributed by atoms with Gasteiger partial charge in [-0.15, -0.1) is 0 Å². The fraction of sp³-hybridized carbons (Fsp3) is 0.238. The van der Waals surface area contributed by atoms with Crippen LogP contribution in [-0.2, 0) is 6.61 Å². The highest BCUT2D eigenvalue weighted by Crippen LogP contribution is 2.17. The van der Waals surface area contributed by atoms with E-state index in [9.17, 15) is 14.7 Å². The maximum Gasteiger partial charge on any atom is 0.273 e. The number of benzene rings is 1. The lowest BCUT2D eigenvalue weighted by Crippen LogP contribution is -2.28. The summed E-state index contributed by atoms with van der Waals surface area (Å²) in [6.45, 7) is 1.54. The molecule has 4 rings (SSSR count). The fourth-order valence-corrected chi connectivity index (χ4v) is 3.28. The molecule has 0 saturated carbocycles. The van der Waals surface area contributed by atoms with Crippen molar-refractivity contribution in [2.45, 2.75) is 19.1 Å². The molecule has 1 aliphatic heterocycles. The van der Waals surface area contributed by atoms with E-state index in [1.54, 1.807) is 18.2 Å². The molecular weight excluding hydrogens is 358 g/mol. The van der Waals surface area contributed by atoms with Gasteiger partial charge in [-0.1, -0.05) is 30.3 Å². The van der Waals surface area contributed by atoms with Gasteiger partial charge >= 0.3 is 0 Å². The summed E-state index contributed by atoms with van der Waals surface area (Å²) in [6.07, 6.45) is 1.83. The predicted molar refractivity (Wildman–Crippen MR) is 106 cm³/mol. The van der Waals surface area contributed by atoms with Gasteiger partial charge in [0.05, 0.1) is 6.10 Å². The summed E-state index contributed by atoms with van der Waals surface area (Å²) in [5.74, 6) is 1.09. The summed E-state index contributed by atoms with van der Waals surface area (Å²) in [4.78, 5) is 29.7. The molecule has 0 spiro atoms. The van der Waals surface area contributed by atoms with Gasteiger partial charge < -0.3 is 19.7 Å². The fourth-order valence-electron chi connectivity index (χ4n) is 3.28. The highest BCUT2D eigenvalue weighted by molar-refractivity contribution is 5.44. The van der Waals surface area contributed by atoms with Crippen LogP contribution in [-0.4, -0.2) is 33.9 Å². The molecule has 0 unspecified atom stereocenters. The number of aromatic amines is 1. The molecule has 7 nitrogen and oxygen atoms in total. The molecule has 2 N–H and O–H groups in total. The monoisotopic (exact) mass is 379 g/mol. The van der Waals surface area contributed by atoms with Crippen LogP contribution in [0.1, 0.15) is 12.0 Å². The number of nitrogens with one attached hydrogen (secondary N) is 1. The van der Waals surface area contributed by atoms with Crippen molar-refractivity contribution in [1.29, 1.82) is 0 Å². The van der Waals surface area contributed by atoms with E-state index in [4.69, 9.17) is 4.74 Å². The van der Waals surface area contributed by atoms with Gasteiger partial charge in [0, 0.05) is 25.4 Å². The summed E-state index contributed by atoms with van der Waals surface area (Å²) >= 11 is 0. The van der Waals surface area contributed by atoms with Gasteiger partial charge in [0.25, 0.3) is 11.1 Å². The number of aromatic nitrogens is 2. The largest absolute Gasteiger partial charge is 0.489 e. The number of rotatable bonds is 5. The molecule has 144 valence electrons. The molecule has 0 bridgehead atoms. The second-order valence-electron chi connectivity index (χ2n) is 6.79. The first-order valence-electron chi connectivity index (χ1n) is 9.16. The van der Waals surface area contributed by atoms with Gasteiger partial charge in [0.15, 0.2) is 0 Å². The summed E-state index contributed by atoms with van der Waals surface area (Å²) in [5.41, 5.74) is 0.535. The van der Waals surface area contributed by atoms with Crippen molar-refractivity contribution in [3.63, 3.8) is 0 Å². The van der Waals surface area contributed by atoms with Crippen molar-refractivity contribution in [3.8, 4) is 11.4 Å². The smallest absolute Gasteiger partial charge is 0.273 e. The van der Waals surface area contributed by atoms with Crippen LogP contribution in [0.2, 0.25) is 0 Å². The number of β-amino-alcohol motifs (C(OH)–C–C–N with tert-alkyl or cyclic N) is 1. The Bertz CT molecular complexity index is 1070. The number of aliphatic hydroxyl groups is 1. The molecular formula is C21H21N3O4. The van der Waals surface area contributed by atoms with Crippen molar-refractivity contribution < 1.29 is 9.84 Å². The van der Waals surface area contributed by atoms with Crippen LogP contribution < -0.4 is 20.8 Å². The SMILES string of the molecule is O=c1[nH]c(N2CC[C@@H](O)C2)ccc1-n1ccc(OCc2ccccc2)cc1=O. The number of pyridine rings is 2. The molecule has 1 aliphatic rings. The Labute approximate surface area is 161 Å². The van der Waals surface area contributed by atoms with Crippen molar-refractivity contribution >= 4 is 5.82 Å². The summed E-state index contributed by atoms with van der Waals surface area (Å²) < 4.78 is 6.95. The quantitative estimate of drug-likeness (QED) is 0.704. The molecule has 1 fully saturated rings. The van der Waals surface area contributed by atoms with Crippen LogP contribution in [0.5, 0.6) is 5.75 Å². The Morgan fingerprint density at radius 2 is 1.93 bits per heavy atom. The predicted octanol–water partition coefficient (Wildman–Crippen LogP) is 1.68. The first kappa shape index (κ1) is 18.1. The minimum Gasteiger partial charge on any atom is -0.489 e. The Morgan fingerprint density at radius 3 is 2.61 bits per heavy atom. The maximum absolute atomic E-state index is 12.5. The average Bonchev–Trinajstić information content (AvgIpc) is 3.14. The van der Waals surface area contributed by atoms with E-state index in [2.05, 4.69) is 4.98 Å². The third-order valence-corrected chi connectivity index (χ3v) is 4.78. The molecule has 28 heavy (non-hydrogen) atoms. The third-order valence-electron chi connectivity index (χ3n) is 4.78. The second-order valence-corrected chi connectivity index (χ2v) is 6.79. The normalized spacial score (nSPS) is 16.3. The average molecular weight is 379 g/mol. The van der Waals surface area contributed by atoms with Gasteiger partial charge in [0.2, 0.25) is 0 Å². The van der Waals surface area contributed by atoms with Crippen molar-refractivity contribution in [3.05, 3.63) is 87.1 Å². The molecule has 1 atom stereocenters. The number of ether oxygens (including phenoxy) is 1. The molecule has 3 heterocycles.